The topological polar surface area (TPSA) is 33.1 Å². The molecule has 0 unspecified atom stereocenters. The quantitative estimate of drug-likeness (QED) is 0.908. The summed E-state index contributed by atoms with van der Waals surface area (Å²) in [5, 5.41) is 3.24. The molecule has 0 aliphatic carbocycles. The van der Waals surface area contributed by atoms with Gasteiger partial charge in [0.1, 0.15) is 5.82 Å². The second kappa shape index (κ2) is 6.37. The summed E-state index contributed by atoms with van der Waals surface area (Å²) in [6.07, 6.45) is 1.83. The molecule has 0 amide bonds. The molecule has 6 heteroatoms. The fourth-order valence-corrected chi connectivity index (χ4v) is 2.43. The van der Waals surface area contributed by atoms with Gasteiger partial charge in [-0.25, -0.2) is 9.37 Å². The molecule has 0 saturated heterocycles. The van der Waals surface area contributed by atoms with E-state index in [0.29, 0.717) is 18.7 Å². The van der Waals surface area contributed by atoms with Gasteiger partial charge in [0.15, 0.2) is 0 Å². The number of imidazole rings is 1. The number of nitrogens with zero attached hydrogens (tertiary/aromatic N) is 3. The summed E-state index contributed by atoms with van der Waals surface area (Å²) in [5.41, 5.74) is 1.71. The second-order valence-electron chi connectivity index (χ2n) is 4.84. The normalized spacial score (nSPS) is 10.8. The van der Waals surface area contributed by atoms with Crippen molar-refractivity contribution in [3.05, 3.63) is 45.9 Å². The predicted octanol–water partition coefficient (Wildman–Crippen LogP) is 2.68. The van der Waals surface area contributed by atoms with Crippen molar-refractivity contribution in [3.8, 4) is 0 Å². The van der Waals surface area contributed by atoms with Crippen LogP contribution in [0.4, 0.5) is 10.3 Å². The van der Waals surface area contributed by atoms with Gasteiger partial charge in [0.2, 0.25) is 5.95 Å². The summed E-state index contributed by atoms with van der Waals surface area (Å²) in [5.74, 6) is 0.704. The molecule has 0 radical (unpaired) electrons. The van der Waals surface area contributed by atoms with E-state index >= 15 is 0 Å². The maximum atomic E-state index is 13.6. The van der Waals surface area contributed by atoms with E-state index in [-0.39, 0.29) is 5.82 Å². The largest absolute Gasteiger partial charge is 0.348 e. The number of nitrogens with one attached hydrogen (secondary N) is 1. The first-order valence-electron chi connectivity index (χ1n) is 6.31. The molecule has 0 bridgehead atoms. The van der Waals surface area contributed by atoms with Crippen LogP contribution in [0.15, 0.2) is 28.9 Å². The molecular formula is C14H18BrFN4. The highest BCUT2D eigenvalue weighted by Crippen LogP contribution is 2.16. The van der Waals surface area contributed by atoms with Crippen molar-refractivity contribution in [1.82, 2.24) is 14.9 Å². The lowest BCUT2D eigenvalue weighted by Crippen LogP contribution is -2.18. The van der Waals surface area contributed by atoms with Crippen LogP contribution < -0.4 is 10.2 Å². The van der Waals surface area contributed by atoms with Gasteiger partial charge in [-0.3, -0.25) is 0 Å². The van der Waals surface area contributed by atoms with Crippen molar-refractivity contribution in [2.75, 3.05) is 19.0 Å². The fourth-order valence-electron chi connectivity index (χ4n) is 2.02. The standard InChI is InChI=1S/C14H18BrFN4/c1-19(2)14-18-9-12(20(14)3)8-17-7-10-6-11(15)4-5-13(10)16/h4-6,9,17H,7-8H2,1-3H3. The van der Waals surface area contributed by atoms with Gasteiger partial charge >= 0.3 is 0 Å². The van der Waals surface area contributed by atoms with Crippen molar-refractivity contribution < 1.29 is 4.39 Å². The predicted molar refractivity (Wildman–Crippen MR) is 82.2 cm³/mol. The molecule has 1 aromatic heterocycles. The lowest BCUT2D eigenvalue weighted by atomic mass is 10.2. The zero-order valence-corrected chi connectivity index (χ0v) is 13.4. The second-order valence-corrected chi connectivity index (χ2v) is 5.76. The molecular weight excluding hydrogens is 323 g/mol. The molecule has 2 aromatic rings. The molecule has 4 nitrogen and oxygen atoms in total. The molecule has 2 rings (SSSR count). The average Bonchev–Trinajstić information content (AvgIpc) is 2.75. The van der Waals surface area contributed by atoms with E-state index in [1.54, 1.807) is 12.1 Å². The fraction of sp³-hybridized carbons (Fsp3) is 0.357. The maximum absolute atomic E-state index is 13.6. The van der Waals surface area contributed by atoms with E-state index in [0.717, 1.165) is 16.1 Å². The molecule has 1 N–H and O–H groups in total. The van der Waals surface area contributed by atoms with Crippen LogP contribution in [0.1, 0.15) is 11.3 Å². The Labute approximate surface area is 126 Å². The number of benzene rings is 1. The minimum atomic E-state index is -0.195. The highest BCUT2D eigenvalue weighted by molar-refractivity contribution is 9.10. The summed E-state index contributed by atoms with van der Waals surface area (Å²) < 4.78 is 16.5. The van der Waals surface area contributed by atoms with Crippen LogP contribution in [0.2, 0.25) is 0 Å². The lowest BCUT2D eigenvalue weighted by molar-refractivity contribution is 0.581. The highest BCUT2D eigenvalue weighted by Gasteiger charge is 2.08. The number of hydrogen-bond donors (Lipinski definition) is 1. The van der Waals surface area contributed by atoms with Crippen molar-refractivity contribution in [3.63, 3.8) is 0 Å². The molecule has 0 atom stereocenters. The van der Waals surface area contributed by atoms with Crippen molar-refractivity contribution in [2.45, 2.75) is 13.1 Å². The van der Waals surface area contributed by atoms with Crippen molar-refractivity contribution >= 4 is 21.9 Å². The molecule has 0 fully saturated rings. The van der Waals surface area contributed by atoms with Crippen LogP contribution in [-0.2, 0) is 20.1 Å². The molecule has 1 heterocycles. The van der Waals surface area contributed by atoms with E-state index in [4.69, 9.17) is 0 Å². The number of anilines is 1. The Morgan fingerprint density at radius 2 is 2.10 bits per heavy atom. The number of hydrogen-bond acceptors (Lipinski definition) is 3. The minimum Gasteiger partial charge on any atom is -0.348 e. The van der Waals surface area contributed by atoms with Gasteiger partial charge in [0, 0.05) is 44.3 Å². The number of halogens is 2. The highest BCUT2D eigenvalue weighted by atomic mass is 79.9. The Hall–Kier alpha value is -1.40. The Morgan fingerprint density at radius 1 is 1.35 bits per heavy atom. The molecule has 0 aliphatic rings. The first kappa shape index (κ1) is 15.0. The van der Waals surface area contributed by atoms with E-state index in [1.807, 2.05) is 36.8 Å². The SMILES string of the molecule is CN(C)c1ncc(CNCc2cc(Br)ccc2F)n1C. The molecule has 108 valence electrons. The first-order valence-corrected chi connectivity index (χ1v) is 7.11. The third-order valence-corrected chi connectivity index (χ3v) is 3.58. The summed E-state index contributed by atoms with van der Waals surface area (Å²) in [7, 11) is 5.88. The molecule has 0 spiro atoms. The summed E-state index contributed by atoms with van der Waals surface area (Å²) in [6.45, 7) is 1.12. The summed E-state index contributed by atoms with van der Waals surface area (Å²) in [6, 6.07) is 4.95. The van der Waals surface area contributed by atoms with Crippen LogP contribution in [0, 0.1) is 5.82 Å². The Kier molecular flexibility index (Phi) is 4.77. The summed E-state index contributed by atoms with van der Waals surface area (Å²) in [4.78, 5) is 6.30. The first-order chi connectivity index (χ1) is 9.49. The van der Waals surface area contributed by atoms with Gasteiger partial charge in [-0.2, -0.15) is 0 Å². The van der Waals surface area contributed by atoms with Crippen molar-refractivity contribution in [2.24, 2.45) is 7.05 Å². The Bertz CT molecular complexity index is 595. The smallest absolute Gasteiger partial charge is 0.204 e. The van der Waals surface area contributed by atoms with Gasteiger partial charge < -0.3 is 14.8 Å². The monoisotopic (exact) mass is 340 g/mol. The van der Waals surface area contributed by atoms with Crippen molar-refractivity contribution in [1.29, 1.82) is 0 Å². The lowest BCUT2D eigenvalue weighted by Gasteiger charge is -2.13. The molecule has 0 aliphatic heterocycles. The number of rotatable bonds is 5. The van der Waals surface area contributed by atoms with Gasteiger partial charge in [0.05, 0.1) is 11.9 Å². The number of aromatic nitrogens is 2. The Balaban J connectivity index is 1.98. The van der Waals surface area contributed by atoms with Crippen LogP contribution in [0.25, 0.3) is 0 Å². The van der Waals surface area contributed by atoms with Gasteiger partial charge in [0.25, 0.3) is 0 Å². The van der Waals surface area contributed by atoms with E-state index in [2.05, 4.69) is 26.2 Å². The third-order valence-electron chi connectivity index (χ3n) is 3.09. The van der Waals surface area contributed by atoms with Gasteiger partial charge in [-0.1, -0.05) is 15.9 Å². The average molecular weight is 341 g/mol. The van der Waals surface area contributed by atoms with Gasteiger partial charge in [-0.05, 0) is 18.2 Å². The van der Waals surface area contributed by atoms with E-state index in [9.17, 15) is 4.39 Å². The molecule has 1 aromatic carbocycles. The molecule has 20 heavy (non-hydrogen) atoms. The van der Waals surface area contributed by atoms with E-state index < -0.39 is 0 Å². The van der Waals surface area contributed by atoms with Crippen LogP contribution in [-0.4, -0.2) is 23.6 Å². The minimum absolute atomic E-state index is 0.195. The van der Waals surface area contributed by atoms with Crippen LogP contribution in [0.5, 0.6) is 0 Å². The maximum Gasteiger partial charge on any atom is 0.204 e. The third kappa shape index (κ3) is 3.37. The Morgan fingerprint density at radius 3 is 2.75 bits per heavy atom. The van der Waals surface area contributed by atoms with E-state index in [1.165, 1.54) is 6.07 Å². The van der Waals surface area contributed by atoms with Crippen LogP contribution >= 0.6 is 15.9 Å². The van der Waals surface area contributed by atoms with Crippen LogP contribution in [0.3, 0.4) is 0 Å². The van der Waals surface area contributed by atoms with Gasteiger partial charge in [-0.15, -0.1) is 0 Å². The molecule has 0 saturated carbocycles. The zero-order valence-electron chi connectivity index (χ0n) is 11.8. The zero-order chi connectivity index (χ0) is 14.7. The summed E-state index contributed by atoms with van der Waals surface area (Å²) >= 11 is 3.35.